The van der Waals surface area contributed by atoms with E-state index in [1.165, 1.54) is 0 Å². The van der Waals surface area contributed by atoms with Crippen LogP contribution in [-0.4, -0.2) is 34.8 Å². The van der Waals surface area contributed by atoms with Crippen LogP contribution in [0.4, 0.5) is 0 Å². The number of carbonyl (C=O) groups is 1. The van der Waals surface area contributed by atoms with E-state index in [1.54, 1.807) is 6.92 Å². The number of hydrogen-bond donors (Lipinski definition) is 0. The molecule has 0 aliphatic heterocycles. The third kappa shape index (κ3) is 10.4. The maximum absolute atomic E-state index is 11.9. The van der Waals surface area contributed by atoms with Crippen LogP contribution in [-0.2, 0) is 25.6 Å². The van der Waals surface area contributed by atoms with Crippen molar-refractivity contribution >= 4 is 34.6 Å². The number of benzene rings is 1. The third-order valence-corrected chi connectivity index (χ3v) is 5.26. The Morgan fingerprint density at radius 3 is 2.31 bits per heavy atom. The normalized spacial score (nSPS) is 13.0. The Morgan fingerprint density at radius 1 is 1.17 bits per heavy atom. The zero-order chi connectivity index (χ0) is 22.1. The zero-order valence-corrected chi connectivity index (χ0v) is 20.6. The molecule has 29 heavy (non-hydrogen) atoms. The monoisotopic (exact) mass is 514 g/mol. The molecule has 5 heteroatoms. The molecule has 0 heterocycles. The average molecular weight is 514 g/mol. The van der Waals surface area contributed by atoms with Crippen molar-refractivity contribution in [1.82, 2.24) is 0 Å². The molecule has 0 aliphatic carbocycles. The van der Waals surface area contributed by atoms with E-state index in [1.807, 2.05) is 44.2 Å². The topological polar surface area (TPSA) is 44.8 Å². The van der Waals surface area contributed by atoms with Crippen molar-refractivity contribution in [1.29, 1.82) is 0 Å². The standard InChI is InChI=1S/C24H35IO4/c1-8-19-9-11-20(12-10-19)15-27-16-21(17-28-22(26)18(2)3)24(6,7)29-14-13-23(4,5)25/h8-12,21H,1-2,13-17H2,3-7H3. The molecule has 0 aliphatic rings. The molecule has 0 N–H and O–H groups in total. The highest BCUT2D eigenvalue weighted by atomic mass is 127. The fourth-order valence-corrected chi connectivity index (χ4v) is 2.71. The number of halogens is 1. The zero-order valence-electron chi connectivity index (χ0n) is 18.4. The van der Waals surface area contributed by atoms with E-state index >= 15 is 0 Å². The van der Waals surface area contributed by atoms with Gasteiger partial charge in [0.1, 0.15) is 0 Å². The number of esters is 1. The summed E-state index contributed by atoms with van der Waals surface area (Å²) < 4.78 is 17.7. The van der Waals surface area contributed by atoms with Gasteiger partial charge in [-0.25, -0.2) is 4.79 Å². The Kier molecular flexibility index (Phi) is 10.6. The Balaban J connectivity index is 2.70. The summed E-state index contributed by atoms with van der Waals surface area (Å²) in [5.41, 5.74) is 2.05. The average Bonchev–Trinajstić information content (AvgIpc) is 2.63. The van der Waals surface area contributed by atoms with Crippen molar-refractivity contribution in [2.75, 3.05) is 19.8 Å². The molecule has 0 saturated carbocycles. The molecule has 1 aromatic rings. The minimum atomic E-state index is -0.496. The van der Waals surface area contributed by atoms with Gasteiger partial charge in [-0.15, -0.1) is 0 Å². The van der Waals surface area contributed by atoms with Crippen LogP contribution in [0.1, 0.15) is 52.2 Å². The summed E-state index contributed by atoms with van der Waals surface area (Å²) in [7, 11) is 0. The van der Waals surface area contributed by atoms with E-state index in [9.17, 15) is 4.79 Å². The van der Waals surface area contributed by atoms with Crippen LogP contribution in [0, 0.1) is 5.92 Å². The molecule has 0 bridgehead atoms. The minimum Gasteiger partial charge on any atom is -0.462 e. The smallest absolute Gasteiger partial charge is 0.333 e. The van der Waals surface area contributed by atoms with Crippen LogP contribution in [0.2, 0.25) is 0 Å². The Labute approximate surface area is 189 Å². The summed E-state index contributed by atoms with van der Waals surface area (Å²) in [6.07, 6.45) is 2.75. The molecule has 1 rings (SSSR count). The van der Waals surface area contributed by atoms with E-state index in [4.69, 9.17) is 14.2 Å². The van der Waals surface area contributed by atoms with E-state index in [2.05, 4.69) is 49.6 Å². The second-order valence-electron chi connectivity index (χ2n) is 8.46. The first kappa shape index (κ1) is 25.9. The van der Waals surface area contributed by atoms with Crippen LogP contribution in [0.3, 0.4) is 0 Å². The maximum atomic E-state index is 11.9. The second-order valence-corrected chi connectivity index (χ2v) is 11.4. The molecular weight excluding hydrogens is 479 g/mol. The lowest BCUT2D eigenvalue weighted by molar-refractivity contribution is -0.148. The Bertz CT molecular complexity index is 671. The quantitative estimate of drug-likeness (QED) is 0.141. The fourth-order valence-electron chi connectivity index (χ4n) is 2.49. The van der Waals surface area contributed by atoms with Gasteiger partial charge in [0, 0.05) is 21.5 Å². The van der Waals surface area contributed by atoms with Gasteiger partial charge in [-0.05, 0) is 38.3 Å². The van der Waals surface area contributed by atoms with Crippen LogP contribution in [0.15, 0.2) is 43.0 Å². The van der Waals surface area contributed by atoms with Gasteiger partial charge < -0.3 is 14.2 Å². The number of carbonyl (C=O) groups excluding carboxylic acids is 1. The lowest BCUT2D eigenvalue weighted by Gasteiger charge is -2.34. The van der Waals surface area contributed by atoms with E-state index in [0.717, 1.165) is 17.5 Å². The van der Waals surface area contributed by atoms with Gasteiger partial charge in [0.2, 0.25) is 0 Å². The van der Waals surface area contributed by atoms with E-state index < -0.39 is 5.60 Å². The Morgan fingerprint density at radius 2 is 1.79 bits per heavy atom. The van der Waals surface area contributed by atoms with Crippen molar-refractivity contribution < 1.29 is 19.0 Å². The second kappa shape index (κ2) is 11.9. The SMILES string of the molecule is C=Cc1ccc(COCC(COC(=O)C(=C)C)C(C)(C)OCCC(C)(C)I)cc1. The maximum Gasteiger partial charge on any atom is 0.333 e. The van der Waals surface area contributed by atoms with Gasteiger partial charge in [-0.1, -0.05) is 79.9 Å². The third-order valence-electron chi connectivity index (χ3n) is 4.72. The molecule has 0 amide bonds. The molecule has 162 valence electrons. The van der Waals surface area contributed by atoms with E-state index in [-0.39, 0.29) is 21.9 Å². The number of rotatable bonds is 13. The van der Waals surface area contributed by atoms with E-state index in [0.29, 0.717) is 25.4 Å². The molecule has 1 atom stereocenters. The van der Waals surface area contributed by atoms with Crippen molar-refractivity contribution in [3.8, 4) is 0 Å². The first-order valence-electron chi connectivity index (χ1n) is 9.89. The molecule has 1 aromatic carbocycles. The molecular formula is C24H35IO4. The first-order valence-corrected chi connectivity index (χ1v) is 11.0. The molecule has 0 spiro atoms. The molecule has 1 unspecified atom stereocenters. The molecule has 0 radical (unpaired) electrons. The highest BCUT2D eigenvalue weighted by Crippen LogP contribution is 2.27. The summed E-state index contributed by atoms with van der Waals surface area (Å²) in [6, 6.07) is 8.07. The summed E-state index contributed by atoms with van der Waals surface area (Å²) >= 11 is 2.42. The van der Waals surface area contributed by atoms with Gasteiger partial charge in [-0.2, -0.15) is 0 Å². The predicted molar refractivity (Wildman–Crippen MR) is 128 cm³/mol. The summed E-state index contributed by atoms with van der Waals surface area (Å²) in [6.45, 7) is 19.2. The molecule has 0 saturated heterocycles. The van der Waals surface area contributed by atoms with Gasteiger partial charge in [0.25, 0.3) is 0 Å². The fraction of sp³-hybridized carbons (Fsp3) is 0.542. The van der Waals surface area contributed by atoms with Gasteiger partial charge in [0.05, 0.1) is 25.4 Å². The first-order chi connectivity index (χ1) is 13.4. The number of alkyl halides is 1. The van der Waals surface area contributed by atoms with Crippen LogP contribution in [0.5, 0.6) is 0 Å². The Hall–Kier alpha value is -1.18. The summed E-state index contributed by atoms with van der Waals surface area (Å²) in [4.78, 5) is 11.9. The minimum absolute atomic E-state index is 0.101. The molecule has 0 aromatic heterocycles. The number of hydrogen-bond acceptors (Lipinski definition) is 4. The summed E-state index contributed by atoms with van der Waals surface area (Å²) in [5, 5.41) is 0. The molecule has 4 nitrogen and oxygen atoms in total. The molecule has 0 fully saturated rings. The van der Waals surface area contributed by atoms with Crippen LogP contribution < -0.4 is 0 Å². The lowest BCUT2D eigenvalue weighted by Crippen LogP contribution is -2.41. The van der Waals surface area contributed by atoms with Crippen molar-refractivity contribution in [2.45, 2.75) is 56.7 Å². The lowest BCUT2D eigenvalue weighted by atomic mass is 9.92. The van der Waals surface area contributed by atoms with Gasteiger partial charge in [0.15, 0.2) is 0 Å². The van der Waals surface area contributed by atoms with Crippen molar-refractivity contribution in [2.24, 2.45) is 5.92 Å². The van der Waals surface area contributed by atoms with Gasteiger partial charge >= 0.3 is 5.97 Å². The highest BCUT2D eigenvalue weighted by molar-refractivity contribution is 14.1. The summed E-state index contributed by atoms with van der Waals surface area (Å²) in [5.74, 6) is -0.491. The number of ether oxygens (including phenoxy) is 3. The largest absolute Gasteiger partial charge is 0.462 e. The van der Waals surface area contributed by atoms with Crippen LogP contribution >= 0.6 is 22.6 Å². The highest BCUT2D eigenvalue weighted by Gasteiger charge is 2.32. The van der Waals surface area contributed by atoms with Crippen LogP contribution in [0.25, 0.3) is 6.08 Å². The van der Waals surface area contributed by atoms with Crippen molar-refractivity contribution in [3.63, 3.8) is 0 Å². The van der Waals surface area contributed by atoms with Gasteiger partial charge in [-0.3, -0.25) is 0 Å². The predicted octanol–water partition coefficient (Wildman–Crippen LogP) is 5.98. The van der Waals surface area contributed by atoms with Crippen molar-refractivity contribution in [3.05, 3.63) is 54.1 Å².